The molecule has 1 saturated carbocycles. The zero-order chi connectivity index (χ0) is 12.5. The Kier molecular flexibility index (Phi) is 3.07. The highest BCUT2D eigenvalue weighted by atomic mass is 16.5. The van der Waals surface area contributed by atoms with Gasteiger partial charge in [0.1, 0.15) is 18.2 Å². The van der Waals surface area contributed by atoms with Gasteiger partial charge < -0.3 is 10.5 Å². The topological polar surface area (TPSA) is 76.9 Å². The Morgan fingerprint density at radius 2 is 2.18 bits per heavy atom. The summed E-state index contributed by atoms with van der Waals surface area (Å²) in [6.07, 6.45) is 4.31. The van der Waals surface area contributed by atoms with Crippen LogP contribution in [0.5, 0.6) is 5.88 Å². The van der Waals surface area contributed by atoms with Crippen molar-refractivity contribution < 1.29 is 4.74 Å². The van der Waals surface area contributed by atoms with E-state index < -0.39 is 0 Å². The van der Waals surface area contributed by atoms with E-state index in [2.05, 4.69) is 11.2 Å². The van der Waals surface area contributed by atoms with Crippen molar-refractivity contribution in [1.82, 2.24) is 9.78 Å². The van der Waals surface area contributed by atoms with Gasteiger partial charge in [0, 0.05) is 7.05 Å². The van der Waals surface area contributed by atoms with Gasteiger partial charge in [0.25, 0.3) is 0 Å². The molecule has 0 radical (unpaired) electrons. The first-order valence-electron chi connectivity index (χ1n) is 5.91. The molecule has 1 heterocycles. The maximum absolute atomic E-state index is 9.05. The van der Waals surface area contributed by atoms with E-state index in [1.807, 2.05) is 0 Å². The second kappa shape index (κ2) is 4.38. The van der Waals surface area contributed by atoms with Crippen LogP contribution in [-0.4, -0.2) is 21.9 Å². The molecule has 2 N–H and O–H groups in total. The monoisotopic (exact) mass is 234 g/mol. The largest absolute Gasteiger partial charge is 0.475 e. The lowest BCUT2D eigenvalue weighted by atomic mass is 10.0. The predicted octanol–water partition coefficient (Wildman–Crippen LogP) is 1.25. The fourth-order valence-corrected chi connectivity index (χ4v) is 2.37. The summed E-state index contributed by atoms with van der Waals surface area (Å²) in [5.41, 5.74) is 7.19. The number of nitriles is 1. The maximum Gasteiger partial charge on any atom is 0.230 e. The second-order valence-corrected chi connectivity index (χ2v) is 4.86. The smallest absolute Gasteiger partial charge is 0.230 e. The lowest BCUT2D eigenvalue weighted by molar-refractivity contribution is 0.205. The minimum atomic E-state index is -0.231. The summed E-state index contributed by atoms with van der Waals surface area (Å²) in [7, 11) is 1.78. The van der Waals surface area contributed by atoms with E-state index in [9.17, 15) is 0 Å². The number of nitrogens with zero attached hydrogens (tertiary/aromatic N) is 3. The third-order valence-electron chi connectivity index (χ3n) is 3.38. The number of aryl methyl sites for hydroxylation is 2. The van der Waals surface area contributed by atoms with Crippen molar-refractivity contribution >= 4 is 0 Å². The van der Waals surface area contributed by atoms with Gasteiger partial charge in [-0.1, -0.05) is 12.8 Å². The first-order chi connectivity index (χ1) is 8.06. The molecule has 1 aliphatic rings. The zero-order valence-electron chi connectivity index (χ0n) is 10.4. The zero-order valence-corrected chi connectivity index (χ0v) is 10.4. The number of hydrogen-bond donors (Lipinski definition) is 1. The minimum Gasteiger partial charge on any atom is -0.475 e. The molecular formula is C12H18N4O. The van der Waals surface area contributed by atoms with E-state index in [1.54, 1.807) is 18.7 Å². The van der Waals surface area contributed by atoms with E-state index in [-0.39, 0.29) is 5.54 Å². The Morgan fingerprint density at radius 3 is 2.76 bits per heavy atom. The highest BCUT2D eigenvalue weighted by Crippen LogP contribution is 2.29. The molecule has 92 valence electrons. The van der Waals surface area contributed by atoms with Crippen molar-refractivity contribution in [2.24, 2.45) is 12.8 Å². The van der Waals surface area contributed by atoms with Gasteiger partial charge in [-0.3, -0.25) is 0 Å². The van der Waals surface area contributed by atoms with Crippen molar-refractivity contribution in [2.75, 3.05) is 6.61 Å². The van der Waals surface area contributed by atoms with Gasteiger partial charge in [-0.05, 0) is 19.8 Å². The van der Waals surface area contributed by atoms with Gasteiger partial charge in [-0.25, -0.2) is 4.68 Å². The van der Waals surface area contributed by atoms with Crippen LogP contribution in [0.3, 0.4) is 0 Å². The number of aromatic nitrogens is 2. The molecule has 5 nitrogen and oxygen atoms in total. The van der Waals surface area contributed by atoms with Crippen molar-refractivity contribution in [1.29, 1.82) is 5.26 Å². The fraction of sp³-hybridized carbons (Fsp3) is 0.667. The highest BCUT2D eigenvalue weighted by Gasteiger charge is 2.31. The molecule has 0 unspecified atom stereocenters. The standard InChI is InChI=1S/C12H18N4O/c1-9-10(7-13)11(16(2)15-9)17-8-12(14)5-3-4-6-12/h3-6,8,14H2,1-2H3. The molecule has 0 aromatic carbocycles. The van der Waals surface area contributed by atoms with Crippen LogP contribution in [0, 0.1) is 18.3 Å². The summed E-state index contributed by atoms with van der Waals surface area (Å²) in [6, 6.07) is 2.12. The Hall–Kier alpha value is -1.54. The summed E-state index contributed by atoms with van der Waals surface area (Å²) >= 11 is 0. The average Bonchev–Trinajstić information content (AvgIpc) is 2.81. The summed E-state index contributed by atoms with van der Waals surface area (Å²) in [4.78, 5) is 0. The third kappa shape index (κ3) is 2.27. The molecule has 1 aromatic rings. The van der Waals surface area contributed by atoms with Gasteiger partial charge in [0.15, 0.2) is 0 Å². The molecule has 0 amide bonds. The lowest BCUT2D eigenvalue weighted by Crippen LogP contribution is -2.42. The van der Waals surface area contributed by atoms with Crippen LogP contribution in [0.2, 0.25) is 0 Å². The molecule has 1 aliphatic carbocycles. The number of rotatable bonds is 3. The molecule has 0 saturated heterocycles. The average molecular weight is 234 g/mol. The van der Waals surface area contributed by atoms with Crippen LogP contribution >= 0.6 is 0 Å². The van der Waals surface area contributed by atoms with Gasteiger partial charge in [0.2, 0.25) is 5.88 Å². The van der Waals surface area contributed by atoms with Crippen molar-refractivity contribution in [3.63, 3.8) is 0 Å². The summed E-state index contributed by atoms with van der Waals surface area (Å²) < 4.78 is 7.32. The molecule has 1 fully saturated rings. The van der Waals surface area contributed by atoms with E-state index in [1.165, 1.54) is 0 Å². The normalized spacial score (nSPS) is 18.0. The second-order valence-electron chi connectivity index (χ2n) is 4.86. The SMILES string of the molecule is Cc1nn(C)c(OCC2(N)CCCC2)c1C#N. The summed E-state index contributed by atoms with van der Waals surface area (Å²) in [5.74, 6) is 0.529. The summed E-state index contributed by atoms with van der Waals surface area (Å²) in [5, 5.41) is 13.2. The van der Waals surface area contributed by atoms with Crippen LogP contribution in [-0.2, 0) is 7.05 Å². The van der Waals surface area contributed by atoms with Crippen LogP contribution in [0.25, 0.3) is 0 Å². The molecule has 0 aliphatic heterocycles. The van der Waals surface area contributed by atoms with Crippen molar-refractivity contribution in [3.8, 4) is 11.9 Å². The Labute approximate surface area is 101 Å². The van der Waals surface area contributed by atoms with Crippen LogP contribution in [0.1, 0.15) is 36.9 Å². The fourth-order valence-electron chi connectivity index (χ4n) is 2.37. The van der Waals surface area contributed by atoms with E-state index >= 15 is 0 Å². The Bertz CT molecular complexity index is 452. The van der Waals surface area contributed by atoms with Crippen LogP contribution in [0.4, 0.5) is 0 Å². The van der Waals surface area contributed by atoms with Gasteiger partial charge in [-0.2, -0.15) is 10.4 Å². The molecule has 2 rings (SSSR count). The number of ether oxygens (including phenoxy) is 1. The molecule has 0 spiro atoms. The van der Waals surface area contributed by atoms with E-state index in [0.29, 0.717) is 23.7 Å². The van der Waals surface area contributed by atoms with Crippen LogP contribution in [0.15, 0.2) is 0 Å². The predicted molar refractivity (Wildman–Crippen MR) is 63.5 cm³/mol. The molecule has 1 aromatic heterocycles. The lowest BCUT2D eigenvalue weighted by Gasteiger charge is -2.23. The van der Waals surface area contributed by atoms with Gasteiger partial charge in [-0.15, -0.1) is 0 Å². The van der Waals surface area contributed by atoms with Gasteiger partial charge in [0.05, 0.1) is 11.2 Å². The maximum atomic E-state index is 9.05. The minimum absolute atomic E-state index is 0.231. The van der Waals surface area contributed by atoms with Gasteiger partial charge >= 0.3 is 0 Å². The van der Waals surface area contributed by atoms with E-state index in [0.717, 1.165) is 25.7 Å². The molecule has 0 atom stereocenters. The quantitative estimate of drug-likeness (QED) is 0.853. The molecule has 5 heteroatoms. The Morgan fingerprint density at radius 1 is 1.53 bits per heavy atom. The first-order valence-corrected chi connectivity index (χ1v) is 5.91. The number of nitrogens with two attached hydrogens (primary N) is 1. The molecule has 0 bridgehead atoms. The van der Waals surface area contributed by atoms with Crippen molar-refractivity contribution in [2.45, 2.75) is 38.1 Å². The molecule has 17 heavy (non-hydrogen) atoms. The molecular weight excluding hydrogens is 216 g/mol. The Balaban J connectivity index is 2.11. The van der Waals surface area contributed by atoms with Crippen molar-refractivity contribution in [3.05, 3.63) is 11.3 Å². The van der Waals surface area contributed by atoms with Crippen LogP contribution < -0.4 is 10.5 Å². The number of hydrogen-bond acceptors (Lipinski definition) is 4. The third-order valence-corrected chi connectivity index (χ3v) is 3.38. The van der Waals surface area contributed by atoms with E-state index in [4.69, 9.17) is 15.7 Å². The first kappa shape index (κ1) is 11.9. The summed E-state index contributed by atoms with van der Waals surface area (Å²) in [6.45, 7) is 2.26. The highest BCUT2D eigenvalue weighted by molar-refractivity contribution is 5.42.